The second kappa shape index (κ2) is 8.41. The highest BCUT2D eigenvalue weighted by atomic mass is 32.2. The van der Waals surface area contributed by atoms with Crippen molar-refractivity contribution >= 4 is 10.0 Å². The smallest absolute Gasteiger partial charge is 0.242 e. The molecule has 6 nitrogen and oxygen atoms in total. The predicted molar refractivity (Wildman–Crippen MR) is 79.0 cm³/mol. The molecule has 7 heteroatoms. The molecule has 0 bridgehead atoms. The zero-order valence-electron chi connectivity index (χ0n) is 12.4. The average Bonchev–Trinajstić information content (AvgIpc) is 2.83. The van der Waals surface area contributed by atoms with E-state index in [4.69, 9.17) is 4.74 Å². The normalized spacial score (nSPS) is 12.2. The average molecular weight is 303 g/mol. The standard InChI is InChI=1S/C13H25N3O3S/c1-11(2)4-6-19-7-5-16-20(17,18)13-8-12(9-14-3)15-10-13/h8,10-11,14-16H,4-7,9H2,1-3H3. The summed E-state index contributed by atoms with van der Waals surface area (Å²) in [5.74, 6) is 0.595. The van der Waals surface area contributed by atoms with Crippen LogP contribution in [-0.4, -0.2) is 40.2 Å². The van der Waals surface area contributed by atoms with Gasteiger partial charge in [0.1, 0.15) is 0 Å². The Kier molecular flexibility index (Phi) is 7.22. The van der Waals surface area contributed by atoms with Crippen LogP contribution < -0.4 is 10.0 Å². The highest BCUT2D eigenvalue weighted by molar-refractivity contribution is 7.89. The second-order valence-corrected chi connectivity index (χ2v) is 6.85. The van der Waals surface area contributed by atoms with Crippen LogP contribution in [0, 0.1) is 5.92 Å². The zero-order valence-corrected chi connectivity index (χ0v) is 13.2. The van der Waals surface area contributed by atoms with Crippen LogP contribution >= 0.6 is 0 Å². The minimum atomic E-state index is -3.45. The summed E-state index contributed by atoms with van der Waals surface area (Å²) in [4.78, 5) is 3.18. The van der Waals surface area contributed by atoms with Gasteiger partial charge in [-0.25, -0.2) is 13.1 Å². The van der Waals surface area contributed by atoms with Crippen molar-refractivity contribution in [1.29, 1.82) is 0 Å². The van der Waals surface area contributed by atoms with E-state index >= 15 is 0 Å². The molecule has 0 aliphatic heterocycles. The first-order chi connectivity index (χ1) is 9.45. The Bertz CT molecular complexity index is 483. The molecule has 0 aliphatic carbocycles. The Balaban J connectivity index is 2.33. The SMILES string of the molecule is CNCc1cc(S(=O)(=O)NCCOCCC(C)C)c[nH]1. The molecular weight excluding hydrogens is 278 g/mol. The van der Waals surface area contributed by atoms with E-state index in [9.17, 15) is 8.42 Å². The van der Waals surface area contributed by atoms with E-state index in [1.165, 1.54) is 6.20 Å². The van der Waals surface area contributed by atoms with Crippen LogP contribution in [0.15, 0.2) is 17.2 Å². The van der Waals surface area contributed by atoms with Crippen molar-refractivity contribution in [2.24, 2.45) is 5.92 Å². The molecule has 0 aliphatic rings. The van der Waals surface area contributed by atoms with E-state index in [1.807, 2.05) is 7.05 Å². The van der Waals surface area contributed by atoms with E-state index in [1.54, 1.807) is 6.07 Å². The molecule has 0 amide bonds. The monoisotopic (exact) mass is 303 g/mol. The summed E-state index contributed by atoms with van der Waals surface area (Å²) in [5.41, 5.74) is 0.834. The van der Waals surface area contributed by atoms with Gasteiger partial charge < -0.3 is 15.0 Å². The number of aromatic amines is 1. The molecule has 1 heterocycles. The minimum Gasteiger partial charge on any atom is -0.380 e. The molecule has 3 N–H and O–H groups in total. The quantitative estimate of drug-likeness (QED) is 0.565. The molecule has 0 spiro atoms. The van der Waals surface area contributed by atoms with Gasteiger partial charge in [-0.3, -0.25) is 0 Å². The molecule has 1 aromatic heterocycles. The number of hydrogen-bond donors (Lipinski definition) is 3. The summed E-state index contributed by atoms with van der Waals surface area (Å²) in [6.45, 7) is 6.19. The molecule has 0 unspecified atom stereocenters. The molecular formula is C13H25N3O3S. The highest BCUT2D eigenvalue weighted by Crippen LogP contribution is 2.10. The summed E-state index contributed by atoms with van der Waals surface area (Å²) in [6, 6.07) is 1.62. The van der Waals surface area contributed by atoms with Crippen molar-refractivity contribution in [2.75, 3.05) is 26.8 Å². The van der Waals surface area contributed by atoms with E-state index in [-0.39, 0.29) is 11.4 Å². The van der Waals surface area contributed by atoms with Crippen LogP contribution in [0.2, 0.25) is 0 Å². The van der Waals surface area contributed by atoms with Crippen molar-refractivity contribution in [3.63, 3.8) is 0 Å². The molecule has 1 aromatic rings. The van der Waals surface area contributed by atoms with Crippen LogP contribution in [0.1, 0.15) is 26.0 Å². The lowest BCUT2D eigenvalue weighted by Crippen LogP contribution is -2.27. The topological polar surface area (TPSA) is 83.2 Å². The van der Waals surface area contributed by atoms with Crippen LogP contribution in [0.4, 0.5) is 0 Å². The van der Waals surface area contributed by atoms with Crippen molar-refractivity contribution in [1.82, 2.24) is 15.0 Å². The number of aromatic nitrogens is 1. The molecule has 0 aromatic carbocycles. The maximum atomic E-state index is 12.0. The van der Waals surface area contributed by atoms with Gasteiger partial charge in [0.25, 0.3) is 0 Å². The van der Waals surface area contributed by atoms with Gasteiger partial charge in [0.15, 0.2) is 0 Å². The molecule has 1 rings (SSSR count). The predicted octanol–water partition coefficient (Wildman–Crippen LogP) is 1.08. The maximum absolute atomic E-state index is 12.0. The largest absolute Gasteiger partial charge is 0.380 e. The Hall–Kier alpha value is -0.890. The Morgan fingerprint density at radius 2 is 2.10 bits per heavy atom. The summed E-state index contributed by atoms with van der Waals surface area (Å²) in [7, 11) is -1.64. The van der Waals surface area contributed by atoms with E-state index in [0.717, 1.165) is 12.1 Å². The number of hydrogen-bond acceptors (Lipinski definition) is 4. The van der Waals surface area contributed by atoms with Gasteiger partial charge in [0.05, 0.1) is 11.5 Å². The Morgan fingerprint density at radius 3 is 2.75 bits per heavy atom. The first-order valence-corrected chi connectivity index (χ1v) is 8.33. The highest BCUT2D eigenvalue weighted by Gasteiger charge is 2.15. The van der Waals surface area contributed by atoms with Gasteiger partial charge in [-0.1, -0.05) is 13.8 Å². The fraction of sp³-hybridized carbons (Fsp3) is 0.692. The minimum absolute atomic E-state index is 0.255. The van der Waals surface area contributed by atoms with E-state index in [0.29, 0.717) is 25.7 Å². The molecule has 0 fully saturated rings. The molecule has 20 heavy (non-hydrogen) atoms. The van der Waals surface area contributed by atoms with Crippen LogP contribution in [0.5, 0.6) is 0 Å². The lowest BCUT2D eigenvalue weighted by Gasteiger charge is -2.07. The number of sulfonamides is 1. The van der Waals surface area contributed by atoms with E-state index < -0.39 is 10.0 Å². The fourth-order valence-electron chi connectivity index (χ4n) is 1.62. The lowest BCUT2D eigenvalue weighted by atomic mass is 10.1. The molecule has 0 radical (unpaired) electrons. The first kappa shape index (κ1) is 17.2. The summed E-state index contributed by atoms with van der Waals surface area (Å²) in [6.07, 6.45) is 2.48. The third-order valence-corrected chi connectivity index (χ3v) is 4.21. The van der Waals surface area contributed by atoms with Crippen LogP contribution in [-0.2, 0) is 21.3 Å². The molecule has 116 valence electrons. The number of H-pyrrole nitrogens is 1. The zero-order chi connectivity index (χ0) is 15.0. The van der Waals surface area contributed by atoms with Gasteiger partial charge in [-0.05, 0) is 25.5 Å². The number of ether oxygens (including phenoxy) is 1. The first-order valence-electron chi connectivity index (χ1n) is 6.85. The van der Waals surface area contributed by atoms with Gasteiger partial charge in [0, 0.05) is 31.6 Å². The van der Waals surface area contributed by atoms with Crippen molar-refractivity contribution in [2.45, 2.75) is 31.7 Å². The number of rotatable bonds is 10. The third kappa shape index (κ3) is 6.04. The molecule has 0 saturated carbocycles. The Labute approximate surface area is 121 Å². The lowest BCUT2D eigenvalue weighted by molar-refractivity contribution is 0.128. The van der Waals surface area contributed by atoms with Gasteiger partial charge >= 0.3 is 0 Å². The maximum Gasteiger partial charge on any atom is 0.242 e. The summed E-state index contributed by atoms with van der Waals surface area (Å²) >= 11 is 0. The Morgan fingerprint density at radius 1 is 1.35 bits per heavy atom. The van der Waals surface area contributed by atoms with Gasteiger partial charge in [-0.15, -0.1) is 0 Å². The molecule has 0 atom stereocenters. The van der Waals surface area contributed by atoms with Crippen molar-refractivity contribution in [3.05, 3.63) is 18.0 Å². The second-order valence-electron chi connectivity index (χ2n) is 5.08. The van der Waals surface area contributed by atoms with Crippen LogP contribution in [0.25, 0.3) is 0 Å². The molecule has 0 saturated heterocycles. The van der Waals surface area contributed by atoms with Gasteiger partial charge in [0.2, 0.25) is 10.0 Å². The van der Waals surface area contributed by atoms with Crippen molar-refractivity contribution < 1.29 is 13.2 Å². The van der Waals surface area contributed by atoms with E-state index in [2.05, 4.69) is 28.9 Å². The third-order valence-electron chi connectivity index (χ3n) is 2.77. The van der Waals surface area contributed by atoms with Crippen LogP contribution in [0.3, 0.4) is 0 Å². The fourth-order valence-corrected chi connectivity index (χ4v) is 2.65. The van der Waals surface area contributed by atoms with Crippen molar-refractivity contribution in [3.8, 4) is 0 Å². The summed E-state index contributed by atoms with van der Waals surface area (Å²) < 4.78 is 31.9. The number of nitrogens with one attached hydrogen (secondary N) is 3. The summed E-state index contributed by atoms with van der Waals surface area (Å²) in [5, 5.41) is 2.96. The van der Waals surface area contributed by atoms with Gasteiger partial charge in [-0.2, -0.15) is 0 Å².